The van der Waals surface area contributed by atoms with Crippen molar-refractivity contribution >= 4 is 17.8 Å². The Morgan fingerprint density at radius 2 is 1.87 bits per heavy atom. The van der Waals surface area contributed by atoms with Gasteiger partial charge in [-0.2, -0.15) is 10.2 Å². The average molecular weight is 305 g/mol. The number of benzene rings is 2. The molecule has 1 heterocycles. The Morgan fingerprint density at radius 1 is 1.13 bits per heavy atom. The second-order valence-corrected chi connectivity index (χ2v) is 4.87. The van der Waals surface area contributed by atoms with E-state index < -0.39 is 0 Å². The molecule has 0 aliphatic heterocycles. The van der Waals surface area contributed by atoms with Crippen molar-refractivity contribution in [1.82, 2.24) is 15.2 Å². The number of nitrogens with zero attached hydrogens (tertiary/aromatic N) is 3. The molecule has 6 heteroatoms. The third-order valence-electron chi connectivity index (χ3n) is 3.18. The van der Waals surface area contributed by atoms with Gasteiger partial charge in [-0.05, 0) is 36.4 Å². The lowest BCUT2D eigenvalue weighted by atomic mass is 10.2. The summed E-state index contributed by atoms with van der Waals surface area (Å²) in [6, 6.07) is 16.4. The monoisotopic (exact) mass is 305 g/mol. The van der Waals surface area contributed by atoms with E-state index in [0.29, 0.717) is 11.3 Å². The van der Waals surface area contributed by atoms with Gasteiger partial charge in [0.05, 0.1) is 18.1 Å². The Labute approximate surface area is 133 Å². The predicted molar refractivity (Wildman–Crippen MR) is 89.5 cm³/mol. The molecule has 2 aromatic carbocycles. The Hall–Kier alpha value is -3.41. The van der Waals surface area contributed by atoms with Gasteiger partial charge in [-0.15, -0.1) is 0 Å². The highest BCUT2D eigenvalue weighted by molar-refractivity contribution is 5.95. The molecule has 3 rings (SSSR count). The van der Waals surface area contributed by atoms with Crippen molar-refractivity contribution in [2.75, 3.05) is 5.73 Å². The van der Waals surface area contributed by atoms with Gasteiger partial charge in [0.15, 0.2) is 0 Å². The van der Waals surface area contributed by atoms with E-state index in [2.05, 4.69) is 15.6 Å². The number of hydrogen-bond acceptors (Lipinski definition) is 4. The Bertz CT molecular complexity index is 822. The van der Waals surface area contributed by atoms with Crippen molar-refractivity contribution in [3.63, 3.8) is 0 Å². The summed E-state index contributed by atoms with van der Waals surface area (Å²) in [5.41, 5.74) is 10.9. The van der Waals surface area contributed by atoms with Gasteiger partial charge in [-0.1, -0.05) is 18.2 Å². The average Bonchev–Trinajstić information content (AvgIpc) is 3.05. The smallest absolute Gasteiger partial charge is 0.271 e. The van der Waals surface area contributed by atoms with Crippen LogP contribution in [0.3, 0.4) is 0 Å². The van der Waals surface area contributed by atoms with Gasteiger partial charge in [0.1, 0.15) is 0 Å². The second-order valence-electron chi connectivity index (χ2n) is 4.87. The second kappa shape index (κ2) is 6.57. The summed E-state index contributed by atoms with van der Waals surface area (Å²) in [4.78, 5) is 11.9. The van der Waals surface area contributed by atoms with Gasteiger partial charge in [-0.3, -0.25) is 4.79 Å². The molecular weight excluding hydrogens is 290 g/mol. The molecule has 0 saturated carbocycles. The zero-order chi connectivity index (χ0) is 16.1. The number of para-hydroxylation sites is 1. The quantitative estimate of drug-likeness (QED) is 0.440. The summed E-state index contributed by atoms with van der Waals surface area (Å²) >= 11 is 0. The summed E-state index contributed by atoms with van der Waals surface area (Å²) in [6.07, 6.45) is 5.04. The van der Waals surface area contributed by atoms with E-state index in [9.17, 15) is 4.79 Å². The molecule has 0 spiro atoms. The standard InChI is InChI=1S/C17H15N5O/c18-15-8-6-14(7-9-15)17(23)21-19-10-13-11-20-22(12-13)16-4-2-1-3-5-16/h1-12H,18H2,(H,21,23)/b19-10-. The van der Waals surface area contributed by atoms with Crippen molar-refractivity contribution in [1.29, 1.82) is 0 Å². The van der Waals surface area contributed by atoms with Gasteiger partial charge in [0.2, 0.25) is 0 Å². The fourth-order valence-corrected chi connectivity index (χ4v) is 1.99. The minimum absolute atomic E-state index is 0.295. The molecule has 0 unspecified atom stereocenters. The van der Waals surface area contributed by atoms with Crippen LogP contribution in [0.2, 0.25) is 0 Å². The van der Waals surface area contributed by atoms with Crippen molar-refractivity contribution in [3.05, 3.63) is 78.1 Å². The highest BCUT2D eigenvalue weighted by Gasteiger charge is 2.03. The van der Waals surface area contributed by atoms with Gasteiger partial charge in [-0.25, -0.2) is 10.1 Å². The first-order valence-electron chi connectivity index (χ1n) is 7.01. The number of nitrogens with one attached hydrogen (secondary N) is 1. The van der Waals surface area contributed by atoms with Gasteiger partial charge < -0.3 is 5.73 Å². The number of carbonyl (C=O) groups excluding carboxylic acids is 1. The van der Waals surface area contributed by atoms with E-state index in [1.165, 1.54) is 0 Å². The van der Waals surface area contributed by atoms with Crippen LogP contribution >= 0.6 is 0 Å². The first kappa shape index (κ1) is 14.5. The molecule has 6 nitrogen and oxygen atoms in total. The maximum Gasteiger partial charge on any atom is 0.271 e. The van der Waals surface area contributed by atoms with E-state index in [-0.39, 0.29) is 5.91 Å². The van der Waals surface area contributed by atoms with Crippen LogP contribution in [-0.2, 0) is 0 Å². The van der Waals surface area contributed by atoms with Crippen molar-refractivity contribution in [2.24, 2.45) is 5.10 Å². The zero-order valence-corrected chi connectivity index (χ0v) is 12.3. The number of amides is 1. The molecule has 1 amide bonds. The number of nitrogens with two attached hydrogens (primary N) is 1. The molecule has 1 aromatic heterocycles. The maximum atomic E-state index is 11.9. The van der Waals surface area contributed by atoms with Crippen LogP contribution in [0.15, 0.2) is 72.1 Å². The van der Waals surface area contributed by atoms with Crippen LogP contribution in [0.1, 0.15) is 15.9 Å². The number of carbonyl (C=O) groups is 1. The Morgan fingerprint density at radius 3 is 2.61 bits per heavy atom. The zero-order valence-electron chi connectivity index (χ0n) is 12.3. The molecular formula is C17H15N5O. The summed E-state index contributed by atoms with van der Waals surface area (Å²) in [6.45, 7) is 0. The predicted octanol–water partition coefficient (Wildman–Crippen LogP) is 2.22. The van der Waals surface area contributed by atoms with Gasteiger partial charge >= 0.3 is 0 Å². The third kappa shape index (κ3) is 3.62. The largest absolute Gasteiger partial charge is 0.399 e. The highest BCUT2D eigenvalue weighted by Crippen LogP contribution is 2.07. The first-order chi connectivity index (χ1) is 11.2. The minimum atomic E-state index is -0.295. The maximum absolute atomic E-state index is 11.9. The fourth-order valence-electron chi connectivity index (χ4n) is 1.99. The molecule has 3 N–H and O–H groups in total. The molecule has 0 aliphatic rings. The number of anilines is 1. The van der Waals surface area contributed by atoms with E-state index in [1.807, 2.05) is 36.5 Å². The molecule has 0 saturated heterocycles. The Balaban J connectivity index is 1.63. The van der Waals surface area contributed by atoms with Crippen molar-refractivity contribution in [3.8, 4) is 5.69 Å². The number of nitrogen functional groups attached to an aromatic ring is 1. The summed E-state index contributed by atoms with van der Waals surface area (Å²) in [5, 5.41) is 8.19. The fraction of sp³-hybridized carbons (Fsp3) is 0. The topological polar surface area (TPSA) is 85.3 Å². The van der Waals surface area contributed by atoms with Crippen LogP contribution in [0.25, 0.3) is 5.69 Å². The molecule has 114 valence electrons. The molecule has 0 aliphatic carbocycles. The lowest BCUT2D eigenvalue weighted by molar-refractivity contribution is 0.0955. The van der Waals surface area contributed by atoms with E-state index in [1.54, 1.807) is 41.4 Å². The number of hydrogen-bond donors (Lipinski definition) is 2. The summed E-state index contributed by atoms with van der Waals surface area (Å²) in [5.74, 6) is -0.295. The van der Waals surface area contributed by atoms with Crippen LogP contribution in [0, 0.1) is 0 Å². The number of rotatable bonds is 4. The van der Waals surface area contributed by atoms with Crippen LogP contribution in [0.4, 0.5) is 5.69 Å². The summed E-state index contributed by atoms with van der Waals surface area (Å²) < 4.78 is 1.74. The molecule has 0 atom stereocenters. The van der Waals surface area contributed by atoms with Gasteiger partial charge in [0.25, 0.3) is 5.91 Å². The Kier molecular flexibility index (Phi) is 4.15. The van der Waals surface area contributed by atoms with E-state index in [0.717, 1.165) is 11.3 Å². The number of hydrazone groups is 1. The molecule has 3 aromatic rings. The SMILES string of the molecule is Nc1ccc(C(=O)N/N=C\c2cnn(-c3ccccc3)c2)cc1. The highest BCUT2D eigenvalue weighted by atomic mass is 16.2. The molecule has 0 radical (unpaired) electrons. The lowest BCUT2D eigenvalue weighted by Crippen LogP contribution is -2.17. The van der Waals surface area contributed by atoms with Crippen LogP contribution in [-0.4, -0.2) is 21.9 Å². The first-order valence-corrected chi connectivity index (χ1v) is 7.01. The van der Waals surface area contributed by atoms with Crippen LogP contribution < -0.4 is 11.2 Å². The van der Waals surface area contributed by atoms with E-state index >= 15 is 0 Å². The van der Waals surface area contributed by atoms with Gasteiger partial charge in [0, 0.05) is 23.0 Å². The third-order valence-corrected chi connectivity index (χ3v) is 3.18. The number of aromatic nitrogens is 2. The minimum Gasteiger partial charge on any atom is -0.399 e. The normalized spacial score (nSPS) is 10.8. The van der Waals surface area contributed by atoms with E-state index in [4.69, 9.17) is 5.73 Å². The summed E-state index contributed by atoms with van der Waals surface area (Å²) in [7, 11) is 0. The van der Waals surface area contributed by atoms with Crippen molar-refractivity contribution < 1.29 is 4.79 Å². The molecule has 23 heavy (non-hydrogen) atoms. The van der Waals surface area contributed by atoms with Crippen molar-refractivity contribution in [2.45, 2.75) is 0 Å². The molecule has 0 fully saturated rings. The molecule has 0 bridgehead atoms. The van der Waals surface area contributed by atoms with Crippen LogP contribution in [0.5, 0.6) is 0 Å². The lowest BCUT2D eigenvalue weighted by Gasteiger charge is -1.99.